The number of rotatable bonds is 5. The number of carbonyl (C=O) groups is 1. The van der Waals surface area contributed by atoms with Gasteiger partial charge in [0.2, 0.25) is 5.91 Å². The van der Waals surface area contributed by atoms with Gasteiger partial charge in [-0.3, -0.25) is 19.6 Å². The first kappa shape index (κ1) is 24.0. The van der Waals surface area contributed by atoms with Crippen LogP contribution >= 0.6 is 0 Å². The van der Waals surface area contributed by atoms with E-state index in [1.165, 1.54) is 31.4 Å². The third-order valence-electron chi connectivity index (χ3n) is 7.46. The largest absolute Gasteiger partial charge is 0.416 e. The molecular weight excluding hydrogens is 457 g/mol. The number of alkyl halides is 3. The summed E-state index contributed by atoms with van der Waals surface area (Å²) >= 11 is 0. The lowest BCUT2D eigenvalue weighted by Crippen LogP contribution is -2.56. The quantitative estimate of drug-likeness (QED) is 0.645. The van der Waals surface area contributed by atoms with Crippen LogP contribution in [0.15, 0.2) is 36.7 Å². The van der Waals surface area contributed by atoms with Gasteiger partial charge in [-0.05, 0) is 25.0 Å². The molecule has 0 bridgehead atoms. The molecular formula is C25H31F3N6O. The Labute approximate surface area is 203 Å². The van der Waals surface area contributed by atoms with Crippen molar-refractivity contribution in [3.8, 4) is 11.3 Å². The molecule has 1 aromatic heterocycles. The summed E-state index contributed by atoms with van der Waals surface area (Å²) in [6.07, 6.45) is 2.85. The molecule has 3 aliphatic rings. The standard InChI is InChI=1S/C25H31F3N6O/c26-25(27,28)20-6-4-19(5-7-20)22-16-30-23(17-29-22)33-10-8-31(9-11-33)18-24(35)34-14-12-32(13-15-34)21-2-1-3-21/h4-7,16-17,21H,1-3,8-15,18H2. The highest BCUT2D eigenvalue weighted by Crippen LogP contribution is 2.30. The van der Waals surface area contributed by atoms with Crippen LogP contribution in [0.1, 0.15) is 24.8 Å². The minimum absolute atomic E-state index is 0.215. The van der Waals surface area contributed by atoms with Gasteiger partial charge in [0.15, 0.2) is 0 Å². The lowest BCUT2D eigenvalue weighted by atomic mass is 9.91. The lowest BCUT2D eigenvalue weighted by molar-refractivity contribution is -0.137. The van der Waals surface area contributed by atoms with E-state index >= 15 is 0 Å². The Morgan fingerprint density at radius 1 is 0.886 bits per heavy atom. The number of anilines is 1. The summed E-state index contributed by atoms with van der Waals surface area (Å²) in [6, 6.07) is 5.68. The minimum Gasteiger partial charge on any atom is -0.353 e. The highest BCUT2D eigenvalue weighted by Gasteiger charge is 2.31. The summed E-state index contributed by atoms with van der Waals surface area (Å²) < 4.78 is 38.3. The van der Waals surface area contributed by atoms with Gasteiger partial charge in [0.25, 0.3) is 0 Å². The van der Waals surface area contributed by atoms with Crippen LogP contribution in [-0.4, -0.2) is 95.5 Å². The first-order chi connectivity index (χ1) is 16.9. The number of carbonyl (C=O) groups excluding carboxylic acids is 1. The SMILES string of the molecule is O=C(CN1CCN(c2cnc(-c3ccc(C(F)(F)F)cc3)cn2)CC1)N1CCN(C2CCC2)CC1. The molecule has 0 spiro atoms. The maximum absolute atomic E-state index is 12.8. The summed E-state index contributed by atoms with van der Waals surface area (Å²) in [7, 11) is 0. The second-order valence-corrected chi connectivity index (χ2v) is 9.60. The van der Waals surface area contributed by atoms with Gasteiger partial charge in [-0.25, -0.2) is 4.98 Å². The third kappa shape index (κ3) is 5.59. The smallest absolute Gasteiger partial charge is 0.353 e. The number of nitrogens with zero attached hydrogens (tertiary/aromatic N) is 6. The molecule has 7 nitrogen and oxygen atoms in total. The molecule has 2 aliphatic heterocycles. The molecule has 2 saturated heterocycles. The molecule has 10 heteroatoms. The first-order valence-corrected chi connectivity index (χ1v) is 12.4. The average Bonchev–Trinajstić information content (AvgIpc) is 2.84. The Hall–Kier alpha value is -2.72. The molecule has 1 amide bonds. The zero-order valence-electron chi connectivity index (χ0n) is 19.8. The molecule has 0 atom stereocenters. The summed E-state index contributed by atoms with van der Waals surface area (Å²) in [5, 5.41) is 0. The van der Waals surface area contributed by atoms with Crippen LogP contribution < -0.4 is 4.90 Å². The van der Waals surface area contributed by atoms with E-state index < -0.39 is 11.7 Å². The fourth-order valence-corrected chi connectivity index (χ4v) is 4.98. The Morgan fingerprint density at radius 2 is 1.57 bits per heavy atom. The van der Waals surface area contributed by atoms with Crippen molar-refractivity contribution in [1.82, 2.24) is 24.7 Å². The van der Waals surface area contributed by atoms with Crippen molar-refractivity contribution in [2.24, 2.45) is 0 Å². The van der Waals surface area contributed by atoms with Gasteiger partial charge < -0.3 is 9.80 Å². The molecule has 188 valence electrons. The van der Waals surface area contributed by atoms with E-state index in [1.54, 1.807) is 12.4 Å². The molecule has 35 heavy (non-hydrogen) atoms. The Kier molecular flexibility index (Phi) is 6.93. The molecule has 1 aromatic carbocycles. The highest BCUT2D eigenvalue weighted by atomic mass is 19.4. The summed E-state index contributed by atoms with van der Waals surface area (Å²) in [5.41, 5.74) is 0.441. The van der Waals surface area contributed by atoms with Crippen LogP contribution in [-0.2, 0) is 11.0 Å². The monoisotopic (exact) mass is 488 g/mol. The Bertz CT molecular complexity index is 993. The van der Waals surface area contributed by atoms with Crippen molar-refractivity contribution in [1.29, 1.82) is 0 Å². The number of hydrogen-bond donors (Lipinski definition) is 0. The summed E-state index contributed by atoms with van der Waals surface area (Å²) in [4.78, 5) is 30.6. The van der Waals surface area contributed by atoms with Gasteiger partial charge in [0, 0.05) is 64.0 Å². The maximum Gasteiger partial charge on any atom is 0.416 e. The fraction of sp³-hybridized carbons (Fsp3) is 0.560. The van der Waals surface area contributed by atoms with Crippen molar-refractivity contribution < 1.29 is 18.0 Å². The topological polar surface area (TPSA) is 55.8 Å². The number of benzene rings is 1. The molecule has 1 saturated carbocycles. The van der Waals surface area contributed by atoms with Crippen LogP contribution in [0.4, 0.5) is 19.0 Å². The molecule has 3 fully saturated rings. The molecule has 0 N–H and O–H groups in total. The van der Waals surface area contributed by atoms with E-state index in [0.29, 0.717) is 17.8 Å². The minimum atomic E-state index is -4.36. The average molecular weight is 489 g/mol. The number of aromatic nitrogens is 2. The van der Waals surface area contributed by atoms with Gasteiger partial charge in [0.1, 0.15) is 5.82 Å². The number of hydrogen-bond acceptors (Lipinski definition) is 6. The van der Waals surface area contributed by atoms with Crippen molar-refractivity contribution in [2.45, 2.75) is 31.5 Å². The zero-order chi connectivity index (χ0) is 24.4. The van der Waals surface area contributed by atoms with Gasteiger partial charge in [-0.1, -0.05) is 18.6 Å². The van der Waals surface area contributed by atoms with E-state index in [-0.39, 0.29) is 5.91 Å². The van der Waals surface area contributed by atoms with Crippen LogP contribution in [0.25, 0.3) is 11.3 Å². The molecule has 1 aliphatic carbocycles. The van der Waals surface area contributed by atoms with Gasteiger partial charge >= 0.3 is 6.18 Å². The van der Waals surface area contributed by atoms with Crippen molar-refractivity contribution in [2.75, 3.05) is 63.8 Å². The van der Waals surface area contributed by atoms with Gasteiger partial charge in [-0.2, -0.15) is 13.2 Å². The van der Waals surface area contributed by atoms with E-state index in [2.05, 4.69) is 24.7 Å². The van der Waals surface area contributed by atoms with E-state index in [0.717, 1.165) is 76.4 Å². The van der Waals surface area contributed by atoms with Crippen LogP contribution in [0.5, 0.6) is 0 Å². The molecule has 0 unspecified atom stereocenters. The lowest BCUT2D eigenvalue weighted by Gasteiger charge is -2.43. The summed E-state index contributed by atoms with van der Waals surface area (Å²) in [5.74, 6) is 0.950. The predicted octanol–water partition coefficient (Wildman–Crippen LogP) is 2.98. The Balaban J connectivity index is 1.08. The number of amides is 1. The van der Waals surface area contributed by atoms with Crippen LogP contribution in [0.3, 0.4) is 0 Å². The Morgan fingerprint density at radius 3 is 2.11 bits per heavy atom. The van der Waals surface area contributed by atoms with Crippen molar-refractivity contribution in [3.63, 3.8) is 0 Å². The first-order valence-electron chi connectivity index (χ1n) is 12.4. The zero-order valence-corrected chi connectivity index (χ0v) is 19.8. The van der Waals surface area contributed by atoms with Crippen LogP contribution in [0.2, 0.25) is 0 Å². The third-order valence-corrected chi connectivity index (χ3v) is 7.46. The van der Waals surface area contributed by atoms with E-state index in [9.17, 15) is 18.0 Å². The number of piperazine rings is 2. The molecule has 2 aromatic rings. The van der Waals surface area contributed by atoms with Crippen molar-refractivity contribution in [3.05, 3.63) is 42.2 Å². The predicted molar refractivity (Wildman–Crippen MR) is 127 cm³/mol. The van der Waals surface area contributed by atoms with E-state index in [4.69, 9.17) is 0 Å². The fourth-order valence-electron chi connectivity index (χ4n) is 4.98. The normalized spacial score (nSPS) is 20.7. The van der Waals surface area contributed by atoms with Gasteiger partial charge in [-0.15, -0.1) is 0 Å². The number of halogens is 3. The second-order valence-electron chi connectivity index (χ2n) is 9.60. The summed E-state index contributed by atoms with van der Waals surface area (Å²) in [6.45, 7) is 7.14. The second kappa shape index (κ2) is 10.1. The molecule has 3 heterocycles. The molecule has 5 rings (SSSR count). The maximum atomic E-state index is 12.8. The highest BCUT2D eigenvalue weighted by molar-refractivity contribution is 5.78. The van der Waals surface area contributed by atoms with Crippen molar-refractivity contribution >= 4 is 11.7 Å². The van der Waals surface area contributed by atoms with E-state index in [1.807, 2.05) is 4.90 Å². The van der Waals surface area contributed by atoms with Gasteiger partial charge in [0.05, 0.1) is 30.2 Å². The molecule has 0 radical (unpaired) electrons. The van der Waals surface area contributed by atoms with Crippen LogP contribution in [0, 0.1) is 0 Å².